The van der Waals surface area contributed by atoms with Gasteiger partial charge in [-0.15, -0.1) is 12.4 Å². The molecule has 0 aromatic rings. The molecule has 1 aliphatic carbocycles. The summed E-state index contributed by atoms with van der Waals surface area (Å²) in [5.41, 5.74) is 5.52. The number of rotatable bonds is 5. The van der Waals surface area contributed by atoms with Gasteiger partial charge in [0.2, 0.25) is 0 Å². The molecule has 15 heavy (non-hydrogen) atoms. The molecule has 1 fully saturated rings. The van der Waals surface area contributed by atoms with Crippen LogP contribution in [0.5, 0.6) is 0 Å². The van der Waals surface area contributed by atoms with Gasteiger partial charge in [-0.2, -0.15) is 0 Å². The van der Waals surface area contributed by atoms with Crippen molar-refractivity contribution in [1.29, 1.82) is 5.41 Å². The Hall–Kier alpha value is -0.240. The highest BCUT2D eigenvalue weighted by molar-refractivity contribution is 5.85. The molecule has 2 nitrogen and oxygen atoms in total. The lowest BCUT2D eigenvalue weighted by molar-refractivity contribution is 0.298. The normalized spacial score (nSPS) is 25.7. The van der Waals surface area contributed by atoms with Crippen LogP contribution in [-0.4, -0.2) is 5.84 Å². The van der Waals surface area contributed by atoms with Crippen molar-refractivity contribution in [3.8, 4) is 0 Å². The van der Waals surface area contributed by atoms with Gasteiger partial charge in [0.25, 0.3) is 0 Å². The van der Waals surface area contributed by atoms with E-state index in [1.807, 2.05) is 0 Å². The molecule has 0 aromatic heterocycles. The fourth-order valence-corrected chi connectivity index (χ4v) is 2.45. The maximum Gasteiger partial charge on any atom is 0.0936 e. The fourth-order valence-electron chi connectivity index (χ4n) is 2.45. The van der Waals surface area contributed by atoms with Crippen molar-refractivity contribution in [2.75, 3.05) is 0 Å². The summed E-state index contributed by atoms with van der Waals surface area (Å²) in [7, 11) is 0. The zero-order chi connectivity index (χ0) is 10.4. The number of hydrogen-bond donors (Lipinski definition) is 2. The molecule has 90 valence electrons. The summed E-state index contributed by atoms with van der Waals surface area (Å²) in [6, 6.07) is 0. The van der Waals surface area contributed by atoms with Crippen LogP contribution in [0.3, 0.4) is 0 Å². The third-order valence-corrected chi connectivity index (χ3v) is 3.50. The summed E-state index contributed by atoms with van der Waals surface area (Å²) >= 11 is 0. The van der Waals surface area contributed by atoms with Crippen molar-refractivity contribution in [2.24, 2.45) is 17.6 Å². The lowest BCUT2D eigenvalue weighted by atomic mass is 9.79. The molecule has 0 spiro atoms. The summed E-state index contributed by atoms with van der Waals surface area (Å²) < 4.78 is 0. The molecule has 0 amide bonds. The quantitative estimate of drug-likeness (QED) is 0.424. The van der Waals surface area contributed by atoms with Gasteiger partial charge in [-0.1, -0.05) is 32.6 Å². The van der Waals surface area contributed by atoms with E-state index in [0.29, 0.717) is 11.8 Å². The first-order valence-corrected chi connectivity index (χ1v) is 6.08. The fraction of sp³-hybridized carbons (Fsp3) is 0.917. The average Bonchev–Trinajstić information content (AvgIpc) is 2.19. The van der Waals surface area contributed by atoms with Crippen molar-refractivity contribution < 1.29 is 0 Å². The topological polar surface area (TPSA) is 49.9 Å². The lowest BCUT2D eigenvalue weighted by Gasteiger charge is -2.27. The molecule has 0 saturated heterocycles. The number of halogens is 1. The van der Waals surface area contributed by atoms with Crippen molar-refractivity contribution >= 4 is 18.2 Å². The van der Waals surface area contributed by atoms with Crippen molar-refractivity contribution in [3.05, 3.63) is 0 Å². The first-order valence-electron chi connectivity index (χ1n) is 6.08. The number of hydrogen-bond acceptors (Lipinski definition) is 1. The second-order valence-corrected chi connectivity index (χ2v) is 4.67. The Balaban J connectivity index is 0.00000196. The minimum absolute atomic E-state index is 0. The predicted octanol–water partition coefficient (Wildman–Crippen LogP) is 3.73. The largest absolute Gasteiger partial charge is 0.387 e. The minimum Gasteiger partial charge on any atom is -0.387 e. The molecule has 1 saturated carbocycles. The minimum atomic E-state index is 0. The smallest absolute Gasteiger partial charge is 0.0936 e. The molecule has 0 unspecified atom stereocenters. The van der Waals surface area contributed by atoms with Crippen LogP contribution in [0.4, 0.5) is 0 Å². The van der Waals surface area contributed by atoms with Gasteiger partial charge in [0.15, 0.2) is 0 Å². The molecule has 0 heterocycles. The van der Waals surface area contributed by atoms with Gasteiger partial charge in [0.1, 0.15) is 0 Å². The van der Waals surface area contributed by atoms with E-state index < -0.39 is 0 Å². The summed E-state index contributed by atoms with van der Waals surface area (Å²) in [6.45, 7) is 2.26. The van der Waals surface area contributed by atoms with E-state index in [9.17, 15) is 0 Å². The van der Waals surface area contributed by atoms with E-state index in [2.05, 4.69) is 6.92 Å². The third-order valence-electron chi connectivity index (χ3n) is 3.50. The second-order valence-electron chi connectivity index (χ2n) is 4.67. The van der Waals surface area contributed by atoms with E-state index in [1.165, 1.54) is 38.5 Å². The summed E-state index contributed by atoms with van der Waals surface area (Å²) in [6.07, 6.45) is 10.4. The first kappa shape index (κ1) is 14.8. The maximum atomic E-state index is 7.40. The second kappa shape index (κ2) is 7.98. The van der Waals surface area contributed by atoms with Gasteiger partial charge in [0, 0.05) is 5.92 Å². The number of unbranched alkanes of at least 4 members (excludes halogenated alkanes) is 2. The molecule has 1 aliphatic rings. The molecular formula is C12H25ClN2. The standard InChI is InChI=1S/C12H24N2.ClH/c1-2-3-4-5-10-6-8-11(9-7-10)12(13)14;/h10-11H,2-9H2,1H3,(H3,13,14);1H/t10-,11-;. The predicted molar refractivity (Wildman–Crippen MR) is 68.8 cm³/mol. The van der Waals surface area contributed by atoms with Gasteiger partial charge in [-0.25, -0.2) is 0 Å². The van der Waals surface area contributed by atoms with Crippen molar-refractivity contribution in [3.63, 3.8) is 0 Å². The SMILES string of the molecule is CCCCC[C@H]1CC[C@H](C(=N)N)CC1.Cl. The first-order chi connectivity index (χ1) is 6.74. The molecule has 3 heteroatoms. The van der Waals surface area contributed by atoms with Crippen LogP contribution in [0.25, 0.3) is 0 Å². The molecule has 0 bridgehead atoms. The summed E-state index contributed by atoms with van der Waals surface area (Å²) in [4.78, 5) is 0. The Morgan fingerprint density at radius 3 is 2.27 bits per heavy atom. The highest BCUT2D eigenvalue weighted by Gasteiger charge is 2.22. The van der Waals surface area contributed by atoms with Crippen LogP contribution < -0.4 is 5.73 Å². The number of amidine groups is 1. The number of nitrogens with one attached hydrogen (secondary N) is 1. The van der Waals surface area contributed by atoms with Crippen LogP contribution in [-0.2, 0) is 0 Å². The highest BCUT2D eigenvalue weighted by Crippen LogP contribution is 2.31. The van der Waals surface area contributed by atoms with E-state index in [-0.39, 0.29) is 12.4 Å². The van der Waals surface area contributed by atoms with Crippen LogP contribution >= 0.6 is 12.4 Å². The third kappa shape index (κ3) is 5.41. The summed E-state index contributed by atoms with van der Waals surface area (Å²) in [5.74, 6) is 1.74. The van der Waals surface area contributed by atoms with Gasteiger partial charge >= 0.3 is 0 Å². The number of nitrogens with two attached hydrogens (primary N) is 1. The Morgan fingerprint density at radius 1 is 1.20 bits per heavy atom. The molecule has 3 N–H and O–H groups in total. The van der Waals surface area contributed by atoms with Gasteiger partial charge in [-0.05, 0) is 31.6 Å². The highest BCUT2D eigenvalue weighted by atomic mass is 35.5. The van der Waals surface area contributed by atoms with E-state index in [0.717, 1.165) is 18.8 Å². The molecule has 0 aromatic carbocycles. The molecule has 0 radical (unpaired) electrons. The van der Waals surface area contributed by atoms with Gasteiger partial charge in [0.05, 0.1) is 5.84 Å². The Kier molecular flexibility index (Phi) is 7.85. The van der Waals surface area contributed by atoms with Gasteiger partial charge < -0.3 is 5.73 Å². The van der Waals surface area contributed by atoms with Gasteiger partial charge in [-0.3, -0.25) is 5.41 Å². The lowest BCUT2D eigenvalue weighted by Crippen LogP contribution is -2.26. The van der Waals surface area contributed by atoms with Crippen LogP contribution in [0.15, 0.2) is 0 Å². The average molecular weight is 233 g/mol. The van der Waals surface area contributed by atoms with E-state index in [1.54, 1.807) is 0 Å². The van der Waals surface area contributed by atoms with Crippen LogP contribution in [0, 0.1) is 17.2 Å². The van der Waals surface area contributed by atoms with Crippen molar-refractivity contribution in [2.45, 2.75) is 58.3 Å². The zero-order valence-corrected chi connectivity index (χ0v) is 10.6. The maximum absolute atomic E-state index is 7.40. The van der Waals surface area contributed by atoms with Crippen molar-refractivity contribution in [1.82, 2.24) is 0 Å². The van der Waals surface area contributed by atoms with E-state index >= 15 is 0 Å². The van der Waals surface area contributed by atoms with E-state index in [4.69, 9.17) is 11.1 Å². The monoisotopic (exact) mass is 232 g/mol. The molecule has 1 rings (SSSR count). The zero-order valence-electron chi connectivity index (χ0n) is 9.80. The molecule has 0 atom stereocenters. The Morgan fingerprint density at radius 2 is 1.80 bits per heavy atom. The Labute approximate surface area is 99.9 Å². The molecular weight excluding hydrogens is 208 g/mol. The molecule has 0 aliphatic heterocycles. The Bertz CT molecular complexity index is 174. The summed E-state index contributed by atoms with van der Waals surface area (Å²) in [5, 5.41) is 7.40. The van der Waals surface area contributed by atoms with Crippen LogP contribution in [0.1, 0.15) is 58.3 Å². The van der Waals surface area contributed by atoms with Crippen LogP contribution in [0.2, 0.25) is 0 Å².